The summed E-state index contributed by atoms with van der Waals surface area (Å²) >= 11 is 6.10. The molecule has 120 valence electrons. The smallest absolute Gasteiger partial charge is 0.138 e. The summed E-state index contributed by atoms with van der Waals surface area (Å²) in [4.78, 5) is 4.56. The number of benzene rings is 2. The maximum Gasteiger partial charge on any atom is 0.138 e. The molecule has 3 aromatic rings. The standard InChI is InChI=1S/C18H19ClN2O2/c1-2-16(22)18-20-14-8-4-5-9-15(14)21(18)11-12-23-17-10-6-3-7-13(17)19/h3-10,16,22H,2,11-12H2,1H3/t16-/m0/s1. The SMILES string of the molecule is CC[C@H](O)c1nc2ccccc2n1CCOc1ccccc1Cl. The number of aromatic nitrogens is 2. The Bertz CT molecular complexity index is 801. The molecule has 0 radical (unpaired) electrons. The lowest BCUT2D eigenvalue weighted by atomic mass is 10.2. The van der Waals surface area contributed by atoms with E-state index in [1.54, 1.807) is 6.07 Å². The van der Waals surface area contributed by atoms with Gasteiger partial charge in [-0.25, -0.2) is 4.98 Å². The molecule has 0 aliphatic rings. The Morgan fingerprint density at radius 1 is 1.17 bits per heavy atom. The molecule has 0 spiro atoms. The number of hydrogen-bond acceptors (Lipinski definition) is 3. The van der Waals surface area contributed by atoms with Crippen molar-refractivity contribution in [2.75, 3.05) is 6.61 Å². The normalized spacial score (nSPS) is 12.5. The van der Waals surface area contributed by atoms with Gasteiger partial charge in [-0.05, 0) is 30.7 Å². The lowest BCUT2D eigenvalue weighted by Crippen LogP contribution is -2.13. The summed E-state index contributed by atoms with van der Waals surface area (Å²) in [6, 6.07) is 15.3. The molecule has 0 saturated carbocycles. The van der Waals surface area contributed by atoms with Crippen molar-refractivity contribution in [1.29, 1.82) is 0 Å². The van der Waals surface area contributed by atoms with Crippen LogP contribution in [0.5, 0.6) is 5.75 Å². The molecule has 1 N–H and O–H groups in total. The van der Waals surface area contributed by atoms with Gasteiger partial charge in [0.15, 0.2) is 0 Å². The van der Waals surface area contributed by atoms with Crippen molar-refractivity contribution >= 4 is 22.6 Å². The number of imidazole rings is 1. The molecule has 4 nitrogen and oxygen atoms in total. The summed E-state index contributed by atoms with van der Waals surface area (Å²) in [5.41, 5.74) is 1.88. The lowest BCUT2D eigenvalue weighted by Gasteiger charge is -2.13. The van der Waals surface area contributed by atoms with Crippen molar-refractivity contribution in [3.8, 4) is 5.75 Å². The van der Waals surface area contributed by atoms with E-state index >= 15 is 0 Å². The highest BCUT2D eigenvalue weighted by molar-refractivity contribution is 6.32. The first-order valence-electron chi connectivity index (χ1n) is 7.71. The van der Waals surface area contributed by atoms with E-state index in [0.717, 1.165) is 11.0 Å². The van der Waals surface area contributed by atoms with Crippen molar-refractivity contribution < 1.29 is 9.84 Å². The Balaban J connectivity index is 1.82. The molecule has 0 fully saturated rings. The maximum absolute atomic E-state index is 10.2. The second-order valence-electron chi connectivity index (χ2n) is 5.31. The number of rotatable bonds is 6. The summed E-state index contributed by atoms with van der Waals surface area (Å²) in [6.07, 6.45) is 0.0389. The first-order chi connectivity index (χ1) is 11.2. The van der Waals surface area contributed by atoms with Crippen LogP contribution in [-0.4, -0.2) is 21.3 Å². The van der Waals surface area contributed by atoms with Crippen LogP contribution in [0.4, 0.5) is 0 Å². The second kappa shape index (κ2) is 7.02. The molecule has 0 unspecified atom stereocenters. The molecule has 0 aliphatic heterocycles. The fourth-order valence-electron chi connectivity index (χ4n) is 2.57. The first kappa shape index (κ1) is 15.8. The number of nitrogens with zero attached hydrogens (tertiary/aromatic N) is 2. The average molecular weight is 331 g/mol. The van der Waals surface area contributed by atoms with E-state index < -0.39 is 6.10 Å². The van der Waals surface area contributed by atoms with Gasteiger partial charge in [-0.15, -0.1) is 0 Å². The minimum atomic E-state index is -0.581. The molecule has 0 aliphatic carbocycles. The van der Waals surface area contributed by atoms with Gasteiger partial charge in [0, 0.05) is 0 Å². The highest BCUT2D eigenvalue weighted by atomic mass is 35.5. The maximum atomic E-state index is 10.2. The highest BCUT2D eigenvalue weighted by Crippen LogP contribution is 2.25. The third-order valence-electron chi connectivity index (χ3n) is 3.78. The highest BCUT2D eigenvalue weighted by Gasteiger charge is 2.16. The molecule has 5 heteroatoms. The van der Waals surface area contributed by atoms with Gasteiger partial charge in [0.1, 0.15) is 24.3 Å². The minimum absolute atomic E-state index is 0.452. The molecular weight excluding hydrogens is 312 g/mol. The van der Waals surface area contributed by atoms with Gasteiger partial charge >= 0.3 is 0 Å². The summed E-state index contributed by atoms with van der Waals surface area (Å²) in [5, 5.41) is 10.8. The quantitative estimate of drug-likeness (QED) is 0.736. The molecule has 0 saturated heterocycles. The fourth-order valence-corrected chi connectivity index (χ4v) is 2.77. The largest absolute Gasteiger partial charge is 0.490 e. The number of fused-ring (bicyclic) bond motifs is 1. The van der Waals surface area contributed by atoms with Crippen molar-refractivity contribution in [2.45, 2.75) is 26.0 Å². The zero-order valence-electron chi connectivity index (χ0n) is 12.9. The number of ether oxygens (including phenoxy) is 1. The van der Waals surface area contributed by atoms with Crippen molar-refractivity contribution in [1.82, 2.24) is 9.55 Å². The van der Waals surface area contributed by atoms with E-state index in [9.17, 15) is 5.11 Å². The van der Waals surface area contributed by atoms with Crippen molar-refractivity contribution in [3.05, 3.63) is 59.4 Å². The lowest BCUT2D eigenvalue weighted by molar-refractivity contribution is 0.157. The molecular formula is C18H19ClN2O2. The summed E-state index contributed by atoms with van der Waals surface area (Å²) in [6.45, 7) is 2.99. The zero-order chi connectivity index (χ0) is 16.2. The molecule has 3 rings (SSSR count). The van der Waals surface area contributed by atoms with Crippen LogP contribution in [0, 0.1) is 0 Å². The van der Waals surface area contributed by atoms with E-state index in [1.807, 2.05) is 54.0 Å². The summed E-state index contributed by atoms with van der Waals surface area (Å²) in [7, 11) is 0. The molecule has 0 bridgehead atoms. The van der Waals surface area contributed by atoms with Crippen LogP contribution in [0.1, 0.15) is 25.3 Å². The Hall–Kier alpha value is -2.04. The Morgan fingerprint density at radius 3 is 2.70 bits per heavy atom. The Kier molecular flexibility index (Phi) is 4.84. The molecule has 23 heavy (non-hydrogen) atoms. The van der Waals surface area contributed by atoms with E-state index in [2.05, 4.69) is 4.98 Å². The van der Waals surface area contributed by atoms with Crippen LogP contribution >= 0.6 is 11.6 Å². The molecule has 2 aromatic carbocycles. The Labute approximate surface area is 140 Å². The van der Waals surface area contributed by atoms with Crippen LogP contribution in [0.2, 0.25) is 5.02 Å². The van der Waals surface area contributed by atoms with E-state index in [0.29, 0.717) is 36.2 Å². The van der Waals surface area contributed by atoms with Gasteiger partial charge in [0.05, 0.1) is 22.6 Å². The molecule has 1 atom stereocenters. The number of halogens is 1. The van der Waals surface area contributed by atoms with E-state index in [-0.39, 0.29) is 0 Å². The molecule has 0 amide bonds. The van der Waals surface area contributed by atoms with Crippen LogP contribution in [0.15, 0.2) is 48.5 Å². The number of hydrogen-bond donors (Lipinski definition) is 1. The monoisotopic (exact) mass is 330 g/mol. The van der Waals surface area contributed by atoms with Gasteiger partial charge in [-0.2, -0.15) is 0 Å². The van der Waals surface area contributed by atoms with Crippen LogP contribution in [0.25, 0.3) is 11.0 Å². The Morgan fingerprint density at radius 2 is 1.91 bits per heavy atom. The van der Waals surface area contributed by atoms with Gasteiger partial charge in [0.2, 0.25) is 0 Å². The van der Waals surface area contributed by atoms with Crippen molar-refractivity contribution in [3.63, 3.8) is 0 Å². The van der Waals surface area contributed by atoms with Crippen LogP contribution in [-0.2, 0) is 6.54 Å². The predicted octanol–water partition coefficient (Wildman–Crippen LogP) is 4.21. The van der Waals surface area contributed by atoms with Gasteiger partial charge < -0.3 is 14.4 Å². The second-order valence-corrected chi connectivity index (χ2v) is 5.72. The van der Waals surface area contributed by atoms with E-state index in [1.165, 1.54) is 0 Å². The fraction of sp³-hybridized carbons (Fsp3) is 0.278. The number of aliphatic hydroxyl groups excluding tert-OH is 1. The van der Waals surface area contributed by atoms with E-state index in [4.69, 9.17) is 16.3 Å². The minimum Gasteiger partial charge on any atom is -0.490 e. The molecule has 1 heterocycles. The predicted molar refractivity (Wildman–Crippen MR) is 91.9 cm³/mol. The van der Waals surface area contributed by atoms with Crippen LogP contribution < -0.4 is 4.74 Å². The first-order valence-corrected chi connectivity index (χ1v) is 8.09. The van der Waals surface area contributed by atoms with Gasteiger partial charge in [-0.1, -0.05) is 42.8 Å². The van der Waals surface area contributed by atoms with Gasteiger partial charge in [-0.3, -0.25) is 0 Å². The third-order valence-corrected chi connectivity index (χ3v) is 4.09. The number of aliphatic hydroxyl groups is 1. The summed E-state index contributed by atoms with van der Waals surface area (Å²) < 4.78 is 7.78. The average Bonchev–Trinajstić information content (AvgIpc) is 2.95. The molecule has 1 aromatic heterocycles. The third kappa shape index (κ3) is 3.33. The summed E-state index contributed by atoms with van der Waals surface area (Å²) in [5.74, 6) is 1.34. The topological polar surface area (TPSA) is 47.3 Å². The zero-order valence-corrected chi connectivity index (χ0v) is 13.7. The van der Waals surface area contributed by atoms with Crippen molar-refractivity contribution in [2.24, 2.45) is 0 Å². The number of para-hydroxylation sites is 3. The van der Waals surface area contributed by atoms with Gasteiger partial charge in [0.25, 0.3) is 0 Å². The van der Waals surface area contributed by atoms with Crippen LogP contribution in [0.3, 0.4) is 0 Å².